The molecule has 3 heterocycles. The molecule has 0 amide bonds. The molecule has 0 spiro atoms. The average Bonchev–Trinajstić information content (AvgIpc) is 3.40. The Bertz CT molecular complexity index is 1790. The van der Waals surface area contributed by atoms with Gasteiger partial charge in [-0.3, -0.25) is 14.1 Å². The highest BCUT2D eigenvalue weighted by molar-refractivity contribution is 7.92. The smallest absolute Gasteiger partial charge is 0.263 e. The van der Waals surface area contributed by atoms with Crippen molar-refractivity contribution in [3.05, 3.63) is 89.3 Å². The number of pyridine rings is 2. The molecule has 0 bridgehead atoms. The zero-order chi connectivity index (χ0) is 26.2. The molecule has 0 saturated carbocycles. The lowest BCUT2D eigenvalue weighted by atomic mass is 10.0. The van der Waals surface area contributed by atoms with E-state index in [-0.39, 0.29) is 27.7 Å². The lowest BCUT2D eigenvalue weighted by Gasteiger charge is -2.16. The zero-order valence-electron chi connectivity index (χ0n) is 19.5. The van der Waals surface area contributed by atoms with Gasteiger partial charge in [0.15, 0.2) is 5.82 Å². The molecular weight excluding hydrogens is 503 g/mol. The van der Waals surface area contributed by atoms with Crippen molar-refractivity contribution in [3.8, 4) is 28.4 Å². The first kappa shape index (κ1) is 24.0. The zero-order valence-corrected chi connectivity index (χ0v) is 20.3. The van der Waals surface area contributed by atoms with Gasteiger partial charge < -0.3 is 14.0 Å². The molecule has 12 heteroatoms. The summed E-state index contributed by atoms with van der Waals surface area (Å²) in [5.74, 6) is -0.0404. The standard InChI is InChI=1S/C25H19FN4O6S/c1-34-22-13-18(15-7-9-27-24(12-15)35-2)19(26)14-21(22)30-20-5-4-17(11-16(20)3-6-25(30)31)37(32,33)29-23-8-10-36-28-23/h3-14H,1-2H3,(H,28,29). The molecule has 2 aromatic carbocycles. The van der Waals surface area contributed by atoms with E-state index in [9.17, 15) is 13.2 Å². The Hall–Kier alpha value is -4.71. The fourth-order valence-electron chi connectivity index (χ4n) is 3.89. The van der Waals surface area contributed by atoms with Gasteiger partial charge in [-0.05, 0) is 42.0 Å². The van der Waals surface area contributed by atoms with Crippen LogP contribution in [-0.2, 0) is 10.0 Å². The molecule has 37 heavy (non-hydrogen) atoms. The number of fused-ring (bicyclic) bond motifs is 1. The van der Waals surface area contributed by atoms with E-state index >= 15 is 4.39 Å². The van der Waals surface area contributed by atoms with Crippen molar-refractivity contribution in [1.82, 2.24) is 14.7 Å². The minimum absolute atomic E-state index is 0.0252. The number of aromatic nitrogens is 3. The second kappa shape index (κ2) is 9.39. The fourth-order valence-corrected chi connectivity index (χ4v) is 4.92. The highest BCUT2D eigenvalue weighted by atomic mass is 32.2. The molecular formula is C25H19FN4O6S. The predicted octanol–water partition coefficient (Wildman–Crippen LogP) is 4.00. The van der Waals surface area contributed by atoms with E-state index in [4.69, 9.17) is 9.47 Å². The minimum atomic E-state index is -3.98. The van der Waals surface area contributed by atoms with Crippen molar-refractivity contribution < 1.29 is 26.8 Å². The van der Waals surface area contributed by atoms with E-state index in [2.05, 4.69) is 19.4 Å². The number of nitrogens with one attached hydrogen (secondary N) is 1. The number of nitrogens with zero attached hydrogens (tertiary/aromatic N) is 3. The molecule has 0 radical (unpaired) electrons. The number of halogens is 1. The average molecular weight is 523 g/mol. The molecule has 5 rings (SSSR count). The highest BCUT2D eigenvalue weighted by Crippen LogP contribution is 2.34. The maximum Gasteiger partial charge on any atom is 0.263 e. The maximum absolute atomic E-state index is 15.4. The van der Waals surface area contributed by atoms with E-state index in [1.54, 1.807) is 12.1 Å². The van der Waals surface area contributed by atoms with Crippen molar-refractivity contribution in [2.45, 2.75) is 4.90 Å². The van der Waals surface area contributed by atoms with Gasteiger partial charge in [0.05, 0.1) is 30.3 Å². The Balaban J connectivity index is 1.64. The molecule has 5 aromatic rings. The van der Waals surface area contributed by atoms with E-state index in [0.29, 0.717) is 22.3 Å². The molecule has 1 N–H and O–H groups in total. The summed E-state index contributed by atoms with van der Waals surface area (Å²) in [6, 6.07) is 14.2. The molecule has 0 fully saturated rings. The van der Waals surface area contributed by atoms with Crippen LogP contribution < -0.4 is 19.8 Å². The topological polar surface area (TPSA) is 126 Å². The molecule has 0 aliphatic rings. The summed E-state index contributed by atoms with van der Waals surface area (Å²) >= 11 is 0. The fraction of sp³-hybridized carbons (Fsp3) is 0.0800. The Morgan fingerprint density at radius 1 is 1.00 bits per heavy atom. The van der Waals surface area contributed by atoms with Gasteiger partial charge in [0.2, 0.25) is 5.88 Å². The number of benzene rings is 2. The van der Waals surface area contributed by atoms with Crippen molar-refractivity contribution in [3.63, 3.8) is 0 Å². The van der Waals surface area contributed by atoms with Crippen LogP contribution in [0.5, 0.6) is 11.6 Å². The molecule has 0 saturated heterocycles. The Kier molecular flexibility index (Phi) is 6.09. The van der Waals surface area contributed by atoms with Gasteiger partial charge in [0, 0.05) is 41.4 Å². The van der Waals surface area contributed by atoms with Gasteiger partial charge in [-0.1, -0.05) is 5.16 Å². The molecule has 0 atom stereocenters. The van der Waals surface area contributed by atoms with Crippen LogP contribution in [0.2, 0.25) is 0 Å². The van der Waals surface area contributed by atoms with Crippen molar-refractivity contribution >= 4 is 26.7 Å². The SMILES string of the molecule is COc1cc(-c2cc(OC)c(-n3c(=O)ccc4cc(S(=O)(=O)Nc5ccon5)ccc43)cc2F)ccn1. The summed E-state index contributed by atoms with van der Waals surface area (Å²) < 4.78 is 59.8. The van der Waals surface area contributed by atoms with Crippen LogP contribution >= 0.6 is 0 Å². The highest BCUT2D eigenvalue weighted by Gasteiger charge is 2.20. The first-order valence-electron chi connectivity index (χ1n) is 10.8. The molecule has 10 nitrogen and oxygen atoms in total. The number of rotatable bonds is 7. The largest absolute Gasteiger partial charge is 0.495 e. The molecule has 3 aromatic heterocycles. The lowest BCUT2D eigenvalue weighted by molar-refractivity contribution is 0.398. The van der Waals surface area contributed by atoms with Crippen LogP contribution in [0.15, 0.2) is 87.3 Å². The van der Waals surface area contributed by atoms with Gasteiger partial charge >= 0.3 is 0 Å². The Morgan fingerprint density at radius 2 is 1.84 bits per heavy atom. The van der Waals surface area contributed by atoms with E-state index in [1.807, 2.05) is 0 Å². The number of sulfonamides is 1. The van der Waals surface area contributed by atoms with E-state index in [1.165, 1.54) is 79.8 Å². The van der Waals surface area contributed by atoms with Crippen molar-refractivity contribution in [1.29, 1.82) is 0 Å². The summed E-state index contributed by atoms with van der Waals surface area (Å²) in [5.41, 5.74) is 0.774. The van der Waals surface area contributed by atoms with Gasteiger partial charge in [0.1, 0.15) is 17.8 Å². The quantitative estimate of drug-likeness (QED) is 0.340. The maximum atomic E-state index is 15.4. The van der Waals surface area contributed by atoms with Gasteiger partial charge in [-0.2, -0.15) is 0 Å². The van der Waals surface area contributed by atoms with Crippen LogP contribution in [0.4, 0.5) is 10.2 Å². The van der Waals surface area contributed by atoms with Crippen LogP contribution in [-0.4, -0.2) is 37.3 Å². The predicted molar refractivity (Wildman–Crippen MR) is 133 cm³/mol. The summed E-state index contributed by atoms with van der Waals surface area (Å²) in [7, 11) is -1.12. The lowest BCUT2D eigenvalue weighted by Crippen LogP contribution is -2.19. The van der Waals surface area contributed by atoms with Crippen LogP contribution in [0, 0.1) is 5.82 Å². The third kappa shape index (κ3) is 4.49. The Labute approximate surface area is 209 Å². The monoisotopic (exact) mass is 522 g/mol. The van der Waals surface area contributed by atoms with Crippen LogP contribution in [0.3, 0.4) is 0 Å². The van der Waals surface area contributed by atoms with Gasteiger partial charge in [0.25, 0.3) is 15.6 Å². The van der Waals surface area contributed by atoms with Gasteiger partial charge in [-0.25, -0.2) is 17.8 Å². The minimum Gasteiger partial charge on any atom is -0.495 e. The summed E-state index contributed by atoms with van der Waals surface area (Å²) in [6.45, 7) is 0. The molecule has 188 valence electrons. The number of hydrogen-bond acceptors (Lipinski definition) is 8. The first-order valence-corrected chi connectivity index (χ1v) is 12.3. The summed E-state index contributed by atoms with van der Waals surface area (Å²) in [6.07, 6.45) is 2.73. The van der Waals surface area contributed by atoms with Crippen LogP contribution in [0.25, 0.3) is 27.7 Å². The number of methoxy groups -OCH3 is 2. The Morgan fingerprint density at radius 3 is 2.57 bits per heavy atom. The third-order valence-electron chi connectivity index (χ3n) is 5.62. The molecule has 0 aliphatic carbocycles. The first-order chi connectivity index (χ1) is 17.8. The molecule has 0 aliphatic heterocycles. The van der Waals surface area contributed by atoms with Crippen molar-refractivity contribution in [2.24, 2.45) is 0 Å². The van der Waals surface area contributed by atoms with Crippen molar-refractivity contribution in [2.75, 3.05) is 18.9 Å². The summed E-state index contributed by atoms with van der Waals surface area (Å²) in [4.78, 5) is 16.9. The van der Waals surface area contributed by atoms with Gasteiger partial charge in [-0.15, -0.1) is 0 Å². The summed E-state index contributed by atoms with van der Waals surface area (Å²) in [5, 5.41) is 3.97. The number of ether oxygens (including phenoxy) is 2. The molecule has 0 unspecified atom stereocenters. The second-order valence-electron chi connectivity index (χ2n) is 7.81. The van der Waals surface area contributed by atoms with Crippen LogP contribution in [0.1, 0.15) is 0 Å². The second-order valence-corrected chi connectivity index (χ2v) is 9.49. The number of hydrogen-bond donors (Lipinski definition) is 1. The van der Waals surface area contributed by atoms with E-state index in [0.717, 1.165) is 0 Å². The number of anilines is 1. The normalized spacial score (nSPS) is 11.4. The third-order valence-corrected chi connectivity index (χ3v) is 6.97. The van der Waals surface area contributed by atoms with E-state index < -0.39 is 21.4 Å².